The lowest BCUT2D eigenvalue weighted by molar-refractivity contribution is 0.195. The summed E-state index contributed by atoms with van der Waals surface area (Å²) >= 11 is 0. The molecular weight excluding hydrogens is 346 g/mol. The molecule has 1 N–H and O–H groups in total. The molecule has 140 valence electrons. The van der Waals surface area contributed by atoms with E-state index in [1.807, 2.05) is 30.7 Å². The van der Waals surface area contributed by atoms with E-state index in [-0.39, 0.29) is 0 Å². The Labute approximate surface area is 164 Å². The Morgan fingerprint density at radius 2 is 1.79 bits per heavy atom. The number of benzene rings is 2. The van der Waals surface area contributed by atoms with E-state index in [9.17, 15) is 0 Å². The van der Waals surface area contributed by atoms with Crippen LogP contribution in [0.3, 0.4) is 0 Å². The molecule has 0 saturated carbocycles. The van der Waals surface area contributed by atoms with E-state index in [4.69, 9.17) is 4.98 Å². The molecule has 5 rings (SSSR count). The second-order valence-electron chi connectivity index (χ2n) is 7.44. The monoisotopic (exact) mass is 369 g/mol. The summed E-state index contributed by atoms with van der Waals surface area (Å²) in [5, 5.41) is 0. The lowest BCUT2D eigenvalue weighted by Gasteiger charge is -2.34. The van der Waals surface area contributed by atoms with Crippen molar-refractivity contribution in [2.75, 3.05) is 7.05 Å². The van der Waals surface area contributed by atoms with Crippen molar-refractivity contribution in [2.45, 2.75) is 25.6 Å². The van der Waals surface area contributed by atoms with Crippen LogP contribution in [0.15, 0.2) is 73.3 Å². The van der Waals surface area contributed by atoms with Crippen LogP contribution in [0, 0.1) is 0 Å². The van der Waals surface area contributed by atoms with E-state index < -0.39 is 0 Å². The topological polar surface area (TPSA) is 49.7 Å². The van der Waals surface area contributed by atoms with Gasteiger partial charge in [-0.1, -0.05) is 54.6 Å². The van der Waals surface area contributed by atoms with Gasteiger partial charge in [-0.2, -0.15) is 0 Å². The SMILES string of the molecule is CN1Cc2ccccc2CC1Cn1cnc(-c2ccccc2)c1-c1ncc[nH]1. The summed E-state index contributed by atoms with van der Waals surface area (Å²) < 4.78 is 2.25. The van der Waals surface area contributed by atoms with Gasteiger partial charge in [-0.25, -0.2) is 9.97 Å². The molecule has 4 aromatic rings. The van der Waals surface area contributed by atoms with E-state index in [0.29, 0.717) is 6.04 Å². The average molecular weight is 369 g/mol. The van der Waals surface area contributed by atoms with Gasteiger partial charge < -0.3 is 9.55 Å². The zero-order valence-corrected chi connectivity index (χ0v) is 15.9. The van der Waals surface area contributed by atoms with E-state index in [1.165, 1.54) is 11.1 Å². The van der Waals surface area contributed by atoms with Crippen molar-refractivity contribution in [3.63, 3.8) is 0 Å². The predicted molar refractivity (Wildman–Crippen MR) is 111 cm³/mol. The van der Waals surface area contributed by atoms with Crippen LogP contribution in [0.5, 0.6) is 0 Å². The van der Waals surface area contributed by atoms with Crippen LogP contribution < -0.4 is 0 Å². The summed E-state index contributed by atoms with van der Waals surface area (Å²) in [7, 11) is 2.21. The van der Waals surface area contributed by atoms with Crippen molar-refractivity contribution >= 4 is 0 Å². The molecule has 1 aliphatic rings. The molecule has 2 aromatic carbocycles. The Balaban J connectivity index is 1.52. The average Bonchev–Trinajstić information content (AvgIpc) is 3.39. The Hall–Kier alpha value is -3.18. The van der Waals surface area contributed by atoms with E-state index in [2.05, 4.69) is 62.9 Å². The first-order valence-electron chi connectivity index (χ1n) is 9.67. The van der Waals surface area contributed by atoms with Crippen molar-refractivity contribution in [1.82, 2.24) is 24.4 Å². The molecule has 1 unspecified atom stereocenters. The number of nitrogens with zero attached hydrogens (tertiary/aromatic N) is 4. The number of fused-ring (bicyclic) bond motifs is 1. The van der Waals surface area contributed by atoms with Crippen LogP contribution >= 0.6 is 0 Å². The molecule has 0 bridgehead atoms. The van der Waals surface area contributed by atoms with E-state index >= 15 is 0 Å². The standard InChI is InChI=1S/C23H23N5/c1-27-14-19-10-6-5-9-18(19)13-20(27)15-28-16-26-21(17-7-3-2-4-8-17)22(28)23-24-11-12-25-23/h2-12,16,20H,13-15H2,1H3,(H,24,25). The molecule has 1 atom stereocenters. The normalized spacial score (nSPS) is 16.8. The van der Waals surface area contributed by atoms with Gasteiger partial charge in [0.25, 0.3) is 0 Å². The fourth-order valence-electron chi connectivity index (χ4n) is 4.12. The quantitative estimate of drug-likeness (QED) is 0.592. The smallest absolute Gasteiger partial charge is 0.156 e. The molecule has 0 aliphatic carbocycles. The predicted octanol–water partition coefficient (Wildman–Crippen LogP) is 4.00. The first-order valence-corrected chi connectivity index (χ1v) is 9.67. The van der Waals surface area contributed by atoms with E-state index in [0.717, 1.165) is 42.3 Å². The van der Waals surface area contributed by atoms with Gasteiger partial charge in [-0.15, -0.1) is 0 Å². The molecular formula is C23H23N5. The van der Waals surface area contributed by atoms with Gasteiger partial charge in [-0.05, 0) is 24.6 Å². The minimum absolute atomic E-state index is 0.418. The fraction of sp³-hybridized carbons (Fsp3) is 0.217. The van der Waals surface area contributed by atoms with Gasteiger partial charge in [0, 0.05) is 37.1 Å². The highest BCUT2D eigenvalue weighted by Gasteiger charge is 2.25. The molecule has 0 amide bonds. The molecule has 5 heteroatoms. The number of rotatable bonds is 4. The minimum atomic E-state index is 0.418. The minimum Gasteiger partial charge on any atom is -0.343 e. The molecule has 5 nitrogen and oxygen atoms in total. The third-order valence-corrected chi connectivity index (χ3v) is 5.63. The summed E-state index contributed by atoms with van der Waals surface area (Å²) in [6, 6.07) is 19.5. The van der Waals surface area contributed by atoms with Crippen LogP contribution in [-0.4, -0.2) is 37.5 Å². The van der Waals surface area contributed by atoms with Crippen LogP contribution in [0.2, 0.25) is 0 Å². The summed E-state index contributed by atoms with van der Waals surface area (Å²) in [5.74, 6) is 0.857. The molecule has 0 saturated heterocycles. The Morgan fingerprint density at radius 1 is 1.00 bits per heavy atom. The molecule has 28 heavy (non-hydrogen) atoms. The van der Waals surface area contributed by atoms with Crippen LogP contribution in [-0.2, 0) is 19.5 Å². The fourth-order valence-corrected chi connectivity index (χ4v) is 4.12. The van der Waals surface area contributed by atoms with Gasteiger partial charge >= 0.3 is 0 Å². The van der Waals surface area contributed by atoms with Gasteiger partial charge in [0.1, 0.15) is 5.69 Å². The highest BCUT2D eigenvalue weighted by atomic mass is 15.2. The van der Waals surface area contributed by atoms with Crippen molar-refractivity contribution in [1.29, 1.82) is 0 Å². The van der Waals surface area contributed by atoms with Crippen molar-refractivity contribution in [2.24, 2.45) is 0 Å². The third kappa shape index (κ3) is 3.04. The van der Waals surface area contributed by atoms with Crippen LogP contribution in [0.4, 0.5) is 0 Å². The van der Waals surface area contributed by atoms with Gasteiger partial charge in [0.05, 0.1) is 12.0 Å². The largest absolute Gasteiger partial charge is 0.343 e. The summed E-state index contributed by atoms with van der Waals surface area (Å²) in [4.78, 5) is 15.0. The lowest BCUT2D eigenvalue weighted by Crippen LogP contribution is -2.40. The molecule has 1 aliphatic heterocycles. The number of likely N-dealkylation sites (N-methyl/N-ethyl adjacent to an activating group) is 1. The Bertz CT molecular complexity index is 1070. The van der Waals surface area contributed by atoms with Crippen molar-refractivity contribution < 1.29 is 0 Å². The maximum Gasteiger partial charge on any atom is 0.156 e. The lowest BCUT2D eigenvalue weighted by atomic mass is 9.94. The molecule has 0 radical (unpaired) electrons. The zero-order valence-electron chi connectivity index (χ0n) is 15.9. The number of aromatic amines is 1. The number of hydrogen-bond donors (Lipinski definition) is 1. The number of aromatic nitrogens is 4. The van der Waals surface area contributed by atoms with Gasteiger partial charge in [0.2, 0.25) is 0 Å². The van der Waals surface area contributed by atoms with Crippen LogP contribution in [0.25, 0.3) is 22.8 Å². The second-order valence-corrected chi connectivity index (χ2v) is 7.44. The summed E-state index contributed by atoms with van der Waals surface area (Å²) in [6.07, 6.45) is 6.66. The highest BCUT2D eigenvalue weighted by molar-refractivity contribution is 5.75. The maximum absolute atomic E-state index is 4.76. The van der Waals surface area contributed by atoms with Crippen molar-refractivity contribution in [3.05, 3.63) is 84.4 Å². The molecule has 2 aromatic heterocycles. The number of hydrogen-bond acceptors (Lipinski definition) is 3. The zero-order chi connectivity index (χ0) is 18.9. The van der Waals surface area contributed by atoms with Gasteiger partial charge in [-0.3, -0.25) is 4.90 Å². The van der Waals surface area contributed by atoms with Crippen molar-refractivity contribution in [3.8, 4) is 22.8 Å². The molecule has 0 fully saturated rings. The Kier molecular flexibility index (Phi) is 4.29. The first-order chi connectivity index (χ1) is 13.8. The van der Waals surface area contributed by atoms with E-state index in [1.54, 1.807) is 6.20 Å². The second kappa shape index (κ2) is 7.09. The number of H-pyrrole nitrogens is 1. The molecule has 0 spiro atoms. The molecule has 3 heterocycles. The summed E-state index contributed by atoms with van der Waals surface area (Å²) in [6.45, 7) is 1.86. The number of imidazole rings is 2. The van der Waals surface area contributed by atoms with Crippen LogP contribution in [0.1, 0.15) is 11.1 Å². The highest BCUT2D eigenvalue weighted by Crippen LogP contribution is 2.30. The number of nitrogens with one attached hydrogen (secondary N) is 1. The van der Waals surface area contributed by atoms with Gasteiger partial charge in [0.15, 0.2) is 5.82 Å². The third-order valence-electron chi connectivity index (χ3n) is 5.63. The maximum atomic E-state index is 4.76. The Morgan fingerprint density at radius 3 is 2.57 bits per heavy atom. The summed E-state index contributed by atoms with van der Waals surface area (Å²) in [5.41, 5.74) is 6.00. The first kappa shape index (κ1) is 17.0.